The lowest BCUT2D eigenvalue weighted by molar-refractivity contribution is -0.139. The van der Waals surface area contributed by atoms with Crippen molar-refractivity contribution in [1.82, 2.24) is 9.78 Å². The van der Waals surface area contributed by atoms with Gasteiger partial charge in [0, 0.05) is 12.7 Å². The molecular weight excluding hydrogens is 196 g/mol. The van der Waals surface area contributed by atoms with Gasteiger partial charge in [0.25, 0.3) is 0 Å². The fourth-order valence-electron chi connectivity index (χ4n) is 1.16. The van der Waals surface area contributed by atoms with Crippen molar-refractivity contribution in [3.63, 3.8) is 0 Å². The van der Waals surface area contributed by atoms with Gasteiger partial charge in [0.05, 0.1) is 18.9 Å². The Hall–Kier alpha value is -1.65. The zero-order chi connectivity index (χ0) is 11.3. The number of rotatable bonds is 5. The van der Waals surface area contributed by atoms with Crippen LogP contribution in [0.3, 0.4) is 0 Å². The van der Waals surface area contributed by atoms with Gasteiger partial charge in [-0.1, -0.05) is 6.92 Å². The van der Waals surface area contributed by atoms with Crippen LogP contribution in [0.2, 0.25) is 0 Å². The van der Waals surface area contributed by atoms with E-state index in [2.05, 4.69) is 9.84 Å². The van der Waals surface area contributed by atoms with Crippen molar-refractivity contribution >= 4 is 11.8 Å². The summed E-state index contributed by atoms with van der Waals surface area (Å²) in [5.74, 6) is -0.785. The minimum Gasteiger partial charge on any atom is -0.469 e. The molecule has 0 aromatic carbocycles. The van der Waals surface area contributed by atoms with Gasteiger partial charge in [-0.25, -0.2) is 0 Å². The zero-order valence-corrected chi connectivity index (χ0v) is 8.90. The molecule has 0 atom stereocenters. The second-order valence-electron chi connectivity index (χ2n) is 3.17. The van der Waals surface area contributed by atoms with E-state index < -0.39 is 5.97 Å². The van der Waals surface area contributed by atoms with Gasteiger partial charge < -0.3 is 4.74 Å². The van der Waals surface area contributed by atoms with Crippen molar-refractivity contribution in [2.24, 2.45) is 0 Å². The van der Waals surface area contributed by atoms with Crippen molar-refractivity contribution in [3.8, 4) is 0 Å². The van der Waals surface area contributed by atoms with E-state index >= 15 is 0 Å². The first kappa shape index (κ1) is 11.4. The van der Waals surface area contributed by atoms with E-state index in [1.807, 2.05) is 6.92 Å². The van der Waals surface area contributed by atoms with E-state index in [0.717, 1.165) is 13.0 Å². The maximum Gasteiger partial charge on any atom is 0.313 e. The van der Waals surface area contributed by atoms with Crippen LogP contribution in [0.25, 0.3) is 0 Å². The van der Waals surface area contributed by atoms with Gasteiger partial charge >= 0.3 is 5.97 Å². The molecule has 0 bridgehead atoms. The monoisotopic (exact) mass is 210 g/mol. The first-order chi connectivity index (χ1) is 7.17. The van der Waals surface area contributed by atoms with Crippen LogP contribution in [0, 0.1) is 0 Å². The van der Waals surface area contributed by atoms with Crippen LogP contribution in [-0.2, 0) is 16.1 Å². The van der Waals surface area contributed by atoms with Gasteiger partial charge in [0.1, 0.15) is 6.42 Å². The number of hydrogen-bond donors (Lipinski definition) is 0. The molecular formula is C10H14N2O3. The van der Waals surface area contributed by atoms with Crippen molar-refractivity contribution in [2.45, 2.75) is 26.3 Å². The summed E-state index contributed by atoms with van der Waals surface area (Å²) >= 11 is 0. The highest BCUT2D eigenvalue weighted by Gasteiger charge is 2.13. The molecule has 0 unspecified atom stereocenters. The summed E-state index contributed by atoms with van der Waals surface area (Å²) in [5, 5.41) is 4.00. The van der Waals surface area contributed by atoms with Gasteiger partial charge in [-0.3, -0.25) is 14.3 Å². The molecule has 1 heterocycles. The molecule has 0 aliphatic heterocycles. The van der Waals surface area contributed by atoms with Gasteiger partial charge in [-0.2, -0.15) is 5.10 Å². The van der Waals surface area contributed by atoms with Crippen molar-refractivity contribution < 1.29 is 14.3 Å². The molecule has 1 rings (SSSR count). The molecule has 5 nitrogen and oxygen atoms in total. The Balaban J connectivity index is 2.61. The number of hydrogen-bond acceptors (Lipinski definition) is 4. The fraction of sp³-hybridized carbons (Fsp3) is 0.500. The summed E-state index contributed by atoms with van der Waals surface area (Å²) < 4.78 is 6.09. The van der Waals surface area contributed by atoms with Crippen LogP contribution >= 0.6 is 0 Å². The molecule has 0 spiro atoms. The third-order valence-corrected chi connectivity index (χ3v) is 1.94. The summed E-state index contributed by atoms with van der Waals surface area (Å²) in [5.41, 5.74) is 0.453. The number of esters is 1. The first-order valence-corrected chi connectivity index (χ1v) is 4.79. The Morgan fingerprint density at radius 3 is 2.87 bits per heavy atom. The number of nitrogens with zero attached hydrogens (tertiary/aromatic N) is 2. The average molecular weight is 210 g/mol. The summed E-state index contributed by atoms with van der Waals surface area (Å²) in [6.45, 7) is 2.79. The third-order valence-electron chi connectivity index (χ3n) is 1.94. The van der Waals surface area contributed by atoms with Gasteiger partial charge in [-0.15, -0.1) is 0 Å². The van der Waals surface area contributed by atoms with Crippen LogP contribution in [-0.4, -0.2) is 28.6 Å². The number of methoxy groups -OCH3 is 1. The normalized spacial score (nSPS) is 10.0. The molecule has 0 aliphatic rings. The molecule has 0 saturated heterocycles. The highest BCUT2D eigenvalue weighted by molar-refractivity contribution is 6.05. The predicted molar refractivity (Wildman–Crippen MR) is 53.5 cm³/mol. The summed E-state index contributed by atoms with van der Waals surface area (Å²) in [6.07, 6.45) is 3.84. The Labute approximate surface area is 88.0 Å². The van der Waals surface area contributed by atoms with Crippen LogP contribution in [0.4, 0.5) is 0 Å². The third kappa shape index (κ3) is 3.19. The zero-order valence-electron chi connectivity index (χ0n) is 8.90. The van der Waals surface area contributed by atoms with Crippen molar-refractivity contribution in [2.75, 3.05) is 7.11 Å². The molecule has 0 aliphatic carbocycles. The highest BCUT2D eigenvalue weighted by Crippen LogP contribution is 2.03. The van der Waals surface area contributed by atoms with Crippen molar-refractivity contribution in [1.29, 1.82) is 0 Å². The molecule has 0 radical (unpaired) electrons. The summed E-state index contributed by atoms with van der Waals surface area (Å²) in [6, 6.07) is 0. The second kappa shape index (κ2) is 5.29. The van der Waals surface area contributed by atoms with Crippen LogP contribution in [0.5, 0.6) is 0 Å². The van der Waals surface area contributed by atoms with E-state index in [-0.39, 0.29) is 12.2 Å². The average Bonchev–Trinajstić information content (AvgIpc) is 2.67. The Morgan fingerprint density at radius 1 is 1.53 bits per heavy atom. The van der Waals surface area contributed by atoms with Gasteiger partial charge in [-0.05, 0) is 6.42 Å². The van der Waals surface area contributed by atoms with Crippen LogP contribution in [0.1, 0.15) is 30.1 Å². The summed E-state index contributed by atoms with van der Waals surface area (Å²) in [7, 11) is 1.26. The molecule has 82 valence electrons. The Morgan fingerprint density at radius 2 is 2.27 bits per heavy atom. The number of Topliss-reactive ketones (excluding diaryl/α,β-unsaturated/α-hetero) is 1. The van der Waals surface area contributed by atoms with Crippen LogP contribution in [0.15, 0.2) is 12.4 Å². The molecule has 0 saturated carbocycles. The minimum atomic E-state index is -0.525. The number of ketones is 1. The maximum atomic E-state index is 11.5. The van der Waals surface area contributed by atoms with E-state index in [0.29, 0.717) is 5.56 Å². The topological polar surface area (TPSA) is 61.2 Å². The quantitative estimate of drug-likeness (QED) is 0.414. The molecule has 15 heavy (non-hydrogen) atoms. The lowest BCUT2D eigenvalue weighted by atomic mass is 10.2. The SMILES string of the molecule is CCCn1cc(C(=O)CC(=O)OC)cn1. The standard InChI is InChI=1S/C10H14N2O3/c1-3-4-12-7-8(6-11-12)9(13)5-10(14)15-2/h6-7H,3-5H2,1-2H3. The van der Waals surface area contributed by atoms with E-state index in [1.165, 1.54) is 13.3 Å². The number of aryl methyl sites for hydroxylation is 1. The molecule has 1 aromatic heterocycles. The van der Waals surface area contributed by atoms with Crippen molar-refractivity contribution in [3.05, 3.63) is 18.0 Å². The fourth-order valence-corrected chi connectivity index (χ4v) is 1.16. The Bertz CT molecular complexity index is 357. The number of carbonyl (C=O) groups excluding carboxylic acids is 2. The van der Waals surface area contributed by atoms with E-state index in [9.17, 15) is 9.59 Å². The predicted octanol–water partition coefficient (Wildman–Crippen LogP) is 1.04. The molecule has 0 fully saturated rings. The Kier molecular flexibility index (Phi) is 4.03. The second-order valence-corrected chi connectivity index (χ2v) is 3.17. The largest absolute Gasteiger partial charge is 0.469 e. The lowest BCUT2D eigenvalue weighted by Gasteiger charge is -1.96. The molecule has 0 amide bonds. The highest BCUT2D eigenvalue weighted by atomic mass is 16.5. The maximum absolute atomic E-state index is 11.5. The van der Waals surface area contributed by atoms with Gasteiger partial charge in [0.2, 0.25) is 0 Å². The number of ether oxygens (including phenoxy) is 1. The van der Waals surface area contributed by atoms with Gasteiger partial charge in [0.15, 0.2) is 5.78 Å². The molecule has 1 aromatic rings. The smallest absolute Gasteiger partial charge is 0.313 e. The number of carbonyl (C=O) groups is 2. The molecule has 5 heteroatoms. The molecule has 0 N–H and O–H groups in total. The minimum absolute atomic E-state index is 0.228. The summed E-state index contributed by atoms with van der Waals surface area (Å²) in [4.78, 5) is 22.3. The van der Waals surface area contributed by atoms with Crippen LogP contribution < -0.4 is 0 Å². The lowest BCUT2D eigenvalue weighted by Crippen LogP contribution is -2.08. The number of aromatic nitrogens is 2. The van der Waals surface area contributed by atoms with E-state index in [4.69, 9.17) is 0 Å². The first-order valence-electron chi connectivity index (χ1n) is 4.79. The van der Waals surface area contributed by atoms with E-state index in [1.54, 1.807) is 10.9 Å².